The zero-order valence-corrected chi connectivity index (χ0v) is 12.8. The predicted octanol–water partition coefficient (Wildman–Crippen LogP) is 3.52. The molecule has 1 atom stereocenters. The van der Waals surface area contributed by atoms with Gasteiger partial charge in [-0.15, -0.1) is 11.3 Å². The molecular weight excluding hydrogens is 343 g/mol. The molecule has 2 rings (SSSR count). The second kappa shape index (κ2) is 5.48. The molecule has 4 heteroatoms. The molecule has 3 N–H and O–H groups in total. The summed E-state index contributed by atoms with van der Waals surface area (Å²) in [6.45, 7) is 4.23. The molecule has 17 heavy (non-hydrogen) atoms. The Labute approximate surface area is 119 Å². The Hall–Kier alpha value is -0.430. The molecule has 0 radical (unpaired) electrons. The van der Waals surface area contributed by atoms with Gasteiger partial charge in [-0.05, 0) is 59.0 Å². The van der Waals surface area contributed by atoms with Crippen molar-refractivity contribution >= 4 is 33.9 Å². The van der Waals surface area contributed by atoms with Gasteiger partial charge >= 0.3 is 0 Å². The lowest BCUT2D eigenvalue weighted by Gasteiger charge is -2.16. The lowest BCUT2D eigenvalue weighted by molar-refractivity contribution is 0.638. The fourth-order valence-corrected chi connectivity index (χ4v) is 3.43. The molecule has 0 bridgehead atoms. The Morgan fingerprint density at radius 2 is 1.76 bits per heavy atom. The summed E-state index contributed by atoms with van der Waals surface area (Å²) in [7, 11) is 0. The van der Waals surface area contributed by atoms with Crippen molar-refractivity contribution in [1.29, 1.82) is 0 Å². The summed E-state index contributed by atoms with van der Waals surface area (Å²) >= 11 is 4.08. The summed E-state index contributed by atoms with van der Waals surface area (Å²) in [4.78, 5) is 0. The molecule has 1 unspecified atom stereocenters. The van der Waals surface area contributed by atoms with Crippen LogP contribution < -0.4 is 11.3 Å². The molecule has 1 aromatic heterocycles. The van der Waals surface area contributed by atoms with Crippen LogP contribution in [0, 0.1) is 16.7 Å². The predicted molar refractivity (Wildman–Crippen MR) is 82.1 cm³/mol. The van der Waals surface area contributed by atoms with Crippen molar-refractivity contribution in [2.45, 2.75) is 19.9 Å². The van der Waals surface area contributed by atoms with E-state index in [1.165, 1.54) is 25.1 Å². The molecule has 0 spiro atoms. The third kappa shape index (κ3) is 3.07. The molecule has 0 aliphatic rings. The van der Waals surface area contributed by atoms with Crippen LogP contribution in [0.15, 0.2) is 29.6 Å². The Balaban J connectivity index is 2.41. The number of benzene rings is 1. The third-order valence-electron chi connectivity index (χ3n) is 2.67. The highest BCUT2D eigenvalue weighted by Crippen LogP contribution is 2.27. The number of thiophene rings is 1. The van der Waals surface area contributed by atoms with Crippen LogP contribution >= 0.6 is 33.9 Å². The first-order chi connectivity index (χ1) is 8.10. The largest absolute Gasteiger partial charge is 0.271 e. The normalized spacial score (nSPS) is 12.7. The molecular formula is C13H15IN2S. The first kappa shape index (κ1) is 13.0. The minimum absolute atomic E-state index is 0.0772. The van der Waals surface area contributed by atoms with Gasteiger partial charge in [0.05, 0.1) is 8.93 Å². The lowest BCUT2D eigenvalue weighted by atomic mass is 9.98. The van der Waals surface area contributed by atoms with E-state index in [1.807, 2.05) is 0 Å². The van der Waals surface area contributed by atoms with E-state index >= 15 is 0 Å². The summed E-state index contributed by atoms with van der Waals surface area (Å²) in [5.41, 5.74) is 7.89. The van der Waals surface area contributed by atoms with Crippen molar-refractivity contribution < 1.29 is 0 Å². The summed E-state index contributed by atoms with van der Waals surface area (Å²) in [6, 6.07) is 8.79. The zero-order valence-electron chi connectivity index (χ0n) is 9.83. The summed E-state index contributed by atoms with van der Waals surface area (Å²) in [5.74, 6) is 5.70. The van der Waals surface area contributed by atoms with E-state index in [0.29, 0.717) is 0 Å². The van der Waals surface area contributed by atoms with Crippen molar-refractivity contribution in [3.05, 3.63) is 54.8 Å². The minimum Gasteiger partial charge on any atom is -0.271 e. The number of hydrogen-bond acceptors (Lipinski definition) is 3. The van der Waals surface area contributed by atoms with Crippen LogP contribution in [-0.4, -0.2) is 0 Å². The monoisotopic (exact) mass is 358 g/mol. The van der Waals surface area contributed by atoms with E-state index in [1.54, 1.807) is 11.3 Å². The molecule has 0 saturated carbocycles. The Morgan fingerprint density at radius 1 is 1.12 bits per heavy atom. The van der Waals surface area contributed by atoms with Crippen molar-refractivity contribution in [3.8, 4) is 0 Å². The van der Waals surface area contributed by atoms with Crippen LogP contribution in [0.2, 0.25) is 0 Å². The van der Waals surface area contributed by atoms with Gasteiger partial charge in [-0.25, -0.2) is 5.43 Å². The fourth-order valence-electron chi connectivity index (χ4n) is 2.04. The van der Waals surface area contributed by atoms with E-state index in [9.17, 15) is 0 Å². The van der Waals surface area contributed by atoms with Crippen molar-refractivity contribution in [1.82, 2.24) is 5.43 Å². The molecule has 0 saturated heterocycles. The van der Waals surface area contributed by atoms with Gasteiger partial charge in [-0.3, -0.25) is 5.84 Å². The smallest absolute Gasteiger partial charge is 0.0718 e. The van der Waals surface area contributed by atoms with Gasteiger partial charge in [0.15, 0.2) is 0 Å². The Morgan fingerprint density at radius 3 is 2.24 bits per heavy atom. The average molecular weight is 358 g/mol. The molecule has 90 valence electrons. The van der Waals surface area contributed by atoms with E-state index in [-0.39, 0.29) is 6.04 Å². The maximum Gasteiger partial charge on any atom is 0.0718 e. The quantitative estimate of drug-likeness (QED) is 0.501. The van der Waals surface area contributed by atoms with Crippen LogP contribution in [0.4, 0.5) is 0 Å². The number of nitrogens with two attached hydrogens (primary N) is 1. The van der Waals surface area contributed by atoms with Crippen LogP contribution in [0.1, 0.15) is 28.3 Å². The van der Waals surface area contributed by atoms with Gasteiger partial charge in [-0.1, -0.05) is 29.3 Å². The number of nitrogens with one attached hydrogen (secondary N) is 1. The molecule has 1 aromatic carbocycles. The number of aryl methyl sites for hydroxylation is 2. The van der Waals surface area contributed by atoms with Crippen LogP contribution in [0.3, 0.4) is 0 Å². The van der Waals surface area contributed by atoms with Gasteiger partial charge in [0, 0.05) is 0 Å². The van der Waals surface area contributed by atoms with Crippen molar-refractivity contribution in [3.63, 3.8) is 0 Å². The number of halogens is 1. The van der Waals surface area contributed by atoms with Crippen LogP contribution in [0.25, 0.3) is 0 Å². The van der Waals surface area contributed by atoms with Gasteiger partial charge < -0.3 is 0 Å². The molecule has 2 aromatic rings. The number of rotatable bonds is 3. The van der Waals surface area contributed by atoms with Crippen LogP contribution in [0.5, 0.6) is 0 Å². The standard InChI is InChI=1S/C13H15IN2S/c1-8-3-9(2)5-10(4-8)13(16-15)11-6-12(14)17-7-11/h3-7,13,16H,15H2,1-2H3. The maximum absolute atomic E-state index is 5.70. The molecule has 0 aliphatic heterocycles. The Kier molecular flexibility index (Phi) is 4.19. The summed E-state index contributed by atoms with van der Waals surface area (Å²) in [6.07, 6.45) is 0. The first-order valence-corrected chi connectivity index (χ1v) is 7.34. The third-order valence-corrected chi connectivity index (χ3v) is 4.47. The molecule has 0 fully saturated rings. The van der Waals surface area contributed by atoms with E-state index in [0.717, 1.165) is 0 Å². The van der Waals surface area contributed by atoms with Gasteiger partial charge in [0.2, 0.25) is 0 Å². The molecule has 1 heterocycles. The molecule has 2 nitrogen and oxygen atoms in total. The lowest BCUT2D eigenvalue weighted by Crippen LogP contribution is -2.28. The topological polar surface area (TPSA) is 38.0 Å². The SMILES string of the molecule is Cc1cc(C)cc(C(NN)c2csc(I)c2)c1. The van der Waals surface area contributed by atoms with E-state index in [4.69, 9.17) is 5.84 Å². The fraction of sp³-hybridized carbons (Fsp3) is 0.231. The summed E-state index contributed by atoms with van der Waals surface area (Å²) in [5, 5.41) is 2.16. The Bertz CT molecular complexity index is 502. The first-order valence-electron chi connectivity index (χ1n) is 5.38. The van der Waals surface area contributed by atoms with Crippen LogP contribution in [-0.2, 0) is 0 Å². The average Bonchev–Trinajstić information content (AvgIpc) is 2.64. The number of hydrogen-bond donors (Lipinski definition) is 2. The van der Waals surface area contributed by atoms with Gasteiger partial charge in [0.25, 0.3) is 0 Å². The highest BCUT2D eigenvalue weighted by atomic mass is 127. The van der Waals surface area contributed by atoms with Crippen molar-refractivity contribution in [2.24, 2.45) is 5.84 Å². The van der Waals surface area contributed by atoms with E-state index in [2.05, 4.69) is 71.5 Å². The molecule has 0 amide bonds. The molecule has 0 aliphatic carbocycles. The van der Waals surface area contributed by atoms with Crippen molar-refractivity contribution in [2.75, 3.05) is 0 Å². The highest BCUT2D eigenvalue weighted by molar-refractivity contribution is 14.1. The second-order valence-electron chi connectivity index (χ2n) is 4.20. The summed E-state index contributed by atoms with van der Waals surface area (Å²) < 4.78 is 1.28. The zero-order chi connectivity index (χ0) is 12.4. The highest BCUT2D eigenvalue weighted by Gasteiger charge is 2.14. The minimum atomic E-state index is 0.0772. The second-order valence-corrected chi connectivity index (χ2v) is 7.01. The van der Waals surface area contributed by atoms with Gasteiger partial charge in [-0.2, -0.15) is 0 Å². The van der Waals surface area contributed by atoms with E-state index < -0.39 is 0 Å². The number of hydrazine groups is 1. The van der Waals surface area contributed by atoms with Gasteiger partial charge in [0.1, 0.15) is 0 Å². The maximum atomic E-state index is 5.70.